The molecule has 1 aromatic heterocycles. The van der Waals surface area contributed by atoms with Crippen LogP contribution in [-0.2, 0) is 0 Å². The highest BCUT2D eigenvalue weighted by atomic mass is 16.5. The standard InChI is InChI=1S/C21H22N4O2/c1-25(2)17-11-8-15(9-12-17)23-16-10-13-19(22-14-16)21(26)24-18-6-4-5-7-20(18)27-3/h4-14,23H,1-3H3,(H,24,26). The quantitative estimate of drug-likeness (QED) is 0.689. The lowest BCUT2D eigenvalue weighted by Gasteiger charge is -2.13. The molecule has 3 rings (SSSR count). The molecule has 3 aromatic rings. The number of para-hydroxylation sites is 2. The Kier molecular flexibility index (Phi) is 5.56. The zero-order chi connectivity index (χ0) is 19.2. The first-order valence-corrected chi connectivity index (χ1v) is 8.51. The summed E-state index contributed by atoms with van der Waals surface area (Å²) in [6, 6.07) is 18.8. The van der Waals surface area contributed by atoms with Crippen molar-refractivity contribution in [2.45, 2.75) is 0 Å². The summed E-state index contributed by atoms with van der Waals surface area (Å²) in [7, 11) is 5.57. The minimum atomic E-state index is -0.290. The van der Waals surface area contributed by atoms with Gasteiger partial charge >= 0.3 is 0 Å². The molecule has 27 heavy (non-hydrogen) atoms. The summed E-state index contributed by atoms with van der Waals surface area (Å²) in [6.45, 7) is 0. The Bertz CT molecular complexity index is 906. The van der Waals surface area contributed by atoms with Crippen molar-refractivity contribution < 1.29 is 9.53 Å². The van der Waals surface area contributed by atoms with E-state index in [0.29, 0.717) is 17.1 Å². The number of nitrogens with zero attached hydrogens (tertiary/aromatic N) is 2. The second-order valence-corrected chi connectivity index (χ2v) is 6.15. The van der Waals surface area contributed by atoms with Crippen LogP contribution in [0.3, 0.4) is 0 Å². The van der Waals surface area contributed by atoms with Crippen molar-refractivity contribution in [3.63, 3.8) is 0 Å². The number of ether oxygens (including phenoxy) is 1. The lowest BCUT2D eigenvalue weighted by Crippen LogP contribution is -2.14. The SMILES string of the molecule is COc1ccccc1NC(=O)c1ccc(Nc2ccc(N(C)C)cc2)cn1. The summed E-state index contributed by atoms with van der Waals surface area (Å²) in [4.78, 5) is 18.7. The normalized spacial score (nSPS) is 10.2. The molecule has 138 valence electrons. The second-order valence-electron chi connectivity index (χ2n) is 6.15. The van der Waals surface area contributed by atoms with Crippen LogP contribution in [-0.4, -0.2) is 32.1 Å². The fourth-order valence-corrected chi connectivity index (χ4v) is 2.55. The number of methoxy groups -OCH3 is 1. The van der Waals surface area contributed by atoms with Crippen molar-refractivity contribution in [1.82, 2.24) is 4.98 Å². The molecule has 2 N–H and O–H groups in total. The van der Waals surface area contributed by atoms with E-state index in [2.05, 4.69) is 15.6 Å². The number of carbonyl (C=O) groups is 1. The molecule has 6 nitrogen and oxygen atoms in total. The van der Waals surface area contributed by atoms with Gasteiger partial charge in [0.25, 0.3) is 5.91 Å². The number of benzene rings is 2. The highest BCUT2D eigenvalue weighted by Gasteiger charge is 2.10. The third kappa shape index (κ3) is 4.55. The molecule has 0 fully saturated rings. The summed E-state index contributed by atoms with van der Waals surface area (Å²) in [5, 5.41) is 6.08. The molecule has 0 aliphatic rings. The zero-order valence-electron chi connectivity index (χ0n) is 15.6. The Morgan fingerprint density at radius 2 is 1.67 bits per heavy atom. The van der Waals surface area contributed by atoms with Gasteiger partial charge in [-0.1, -0.05) is 12.1 Å². The van der Waals surface area contributed by atoms with Gasteiger partial charge in [0, 0.05) is 25.5 Å². The number of aromatic nitrogens is 1. The van der Waals surface area contributed by atoms with Gasteiger partial charge in [-0.2, -0.15) is 0 Å². The maximum Gasteiger partial charge on any atom is 0.274 e. The maximum atomic E-state index is 12.4. The number of anilines is 4. The van der Waals surface area contributed by atoms with E-state index in [1.165, 1.54) is 0 Å². The summed E-state index contributed by atoms with van der Waals surface area (Å²) >= 11 is 0. The van der Waals surface area contributed by atoms with Gasteiger partial charge in [0.05, 0.1) is 24.7 Å². The molecule has 0 atom stereocenters. The van der Waals surface area contributed by atoms with Crippen LogP contribution in [0.1, 0.15) is 10.5 Å². The number of rotatable bonds is 6. The minimum Gasteiger partial charge on any atom is -0.495 e. The molecule has 0 aliphatic heterocycles. The lowest BCUT2D eigenvalue weighted by atomic mass is 10.2. The molecular formula is C21H22N4O2. The van der Waals surface area contributed by atoms with Gasteiger partial charge in [0.2, 0.25) is 0 Å². The topological polar surface area (TPSA) is 66.5 Å². The predicted octanol–water partition coefficient (Wildman–Crippen LogP) is 4.15. The van der Waals surface area contributed by atoms with Gasteiger partial charge in [-0.3, -0.25) is 4.79 Å². The number of carbonyl (C=O) groups excluding carboxylic acids is 1. The van der Waals surface area contributed by atoms with Crippen molar-refractivity contribution in [3.8, 4) is 5.75 Å². The molecule has 0 bridgehead atoms. The van der Waals surface area contributed by atoms with E-state index < -0.39 is 0 Å². The van der Waals surface area contributed by atoms with Crippen molar-refractivity contribution in [2.24, 2.45) is 0 Å². The van der Waals surface area contributed by atoms with Gasteiger partial charge in [0.15, 0.2) is 0 Å². The molecule has 0 saturated heterocycles. The molecule has 2 aromatic carbocycles. The average Bonchev–Trinajstić information content (AvgIpc) is 2.69. The first kappa shape index (κ1) is 18.3. The molecule has 1 heterocycles. The predicted molar refractivity (Wildman–Crippen MR) is 109 cm³/mol. The molecule has 0 aliphatic carbocycles. The van der Waals surface area contributed by atoms with Gasteiger partial charge in [-0.15, -0.1) is 0 Å². The van der Waals surface area contributed by atoms with E-state index in [1.54, 1.807) is 31.5 Å². The molecule has 0 spiro atoms. The van der Waals surface area contributed by atoms with Gasteiger partial charge in [-0.25, -0.2) is 4.98 Å². The van der Waals surface area contributed by atoms with E-state index in [-0.39, 0.29) is 5.91 Å². The molecule has 1 amide bonds. The van der Waals surface area contributed by atoms with Crippen LogP contribution in [0.2, 0.25) is 0 Å². The summed E-state index contributed by atoms with van der Waals surface area (Å²) in [5.74, 6) is 0.312. The van der Waals surface area contributed by atoms with E-state index in [1.807, 2.05) is 61.5 Å². The highest BCUT2D eigenvalue weighted by Crippen LogP contribution is 2.24. The van der Waals surface area contributed by atoms with Crippen LogP contribution in [0.4, 0.5) is 22.7 Å². The van der Waals surface area contributed by atoms with Crippen LogP contribution in [0, 0.1) is 0 Å². The maximum absolute atomic E-state index is 12.4. The number of amides is 1. The highest BCUT2D eigenvalue weighted by molar-refractivity contribution is 6.03. The Hall–Kier alpha value is -3.54. The fraction of sp³-hybridized carbons (Fsp3) is 0.143. The van der Waals surface area contributed by atoms with Gasteiger partial charge in [-0.05, 0) is 48.5 Å². The van der Waals surface area contributed by atoms with E-state index in [0.717, 1.165) is 17.1 Å². The van der Waals surface area contributed by atoms with E-state index >= 15 is 0 Å². The van der Waals surface area contributed by atoms with Gasteiger partial charge < -0.3 is 20.3 Å². The monoisotopic (exact) mass is 362 g/mol. The Morgan fingerprint density at radius 3 is 2.30 bits per heavy atom. The van der Waals surface area contributed by atoms with Crippen LogP contribution in [0.15, 0.2) is 66.9 Å². The van der Waals surface area contributed by atoms with Crippen molar-refractivity contribution in [1.29, 1.82) is 0 Å². The molecule has 6 heteroatoms. The third-order valence-corrected chi connectivity index (χ3v) is 4.02. The van der Waals surface area contributed by atoms with E-state index in [4.69, 9.17) is 4.74 Å². The van der Waals surface area contributed by atoms with Crippen molar-refractivity contribution in [3.05, 3.63) is 72.6 Å². The first-order chi connectivity index (χ1) is 13.1. The van der Waals surface area contributed by atoms with E-state index in [9.17, 15) is 4.79 Å². The summed E-state index contributed by atoms with van der Waals surface area (Å²) < 4.78 is 5.24. The number of hydrogen-bond acceptors (Lipinski definition) is 5. The zero-order valence-corrected chi connectivity index (χ0v) is 15.6. The van der Waals surface area contributed by atoms with Crippen LogP contribution in [0.5, 0.6) is 5.75 Å². The molecule has 0 radical (unpaired) electrons. The fourth-order valence-electron chi connectivity index (χ4n) is 2.55. The first-order valence-electron chi connectivity index (χ1n) is 8.51. The van der Waals surface area contributed by atoms with Crippen LogP contribution < -0.4 is 20.3 Å². The Balaban J connectivity index is 1.66. The second kappa shape index (κ2) is 8.23. The Morgan fingerprint density at radius 1 is 0.963 bits per heavy atom. The summed E-state index contributed by atoms with van der Waals surface area (Å²) in [6.07, 6.45) is 1.64. The van der Waals surface area contributed by atoms with Crippen molar-refractivity contribution in [2.75, 3.05) is 36.7 Å². The third-order valence-electron chi connectivity index (χ3n) is 4.02. The molecular weight excluding hydrogens is 340 g/mol. The average molecular weight is 362 g/mol. The largest absolute Gasteiger partial charge is 0.495 e. The van der Waals surface area contributed by atoms with Gasteiger partial charge in [0.1, 0.15) is 11.4 Å². The molecule has 0 saturated carbocycles. The lowest BCUT2D eigenvalue weighted by molar-refractivity contribution is 0.102. The number of pyridine rings is 1. The number of nitrogens with one attached hydrogen (secondary N) is 2. The number of hydrogen-bond donors (Lipinski definition) is 2. The van der Waals surface area contributed by atoms with Crippen LogP contribution in [0.25, 0.3) is 0 Å². The Labute approximate surface area is 158 Å². The molecule has 0 unspecified atom stereocenters. The minimum absolute atomic E-state index is 0.290. The smallest absolute Gasteiger partial charge is 0.274 e. The summed E-state index contributed by atoms with van der Waals surface area (Å²) in [5.41, 5.74) is 3.82. The van der Waals surface area contributed by atoms with Crippen molar-refractivity contribution >= 4 is 28.7 Å². The van der Waals surface area contributed by atoms with Crippen LogP contribution >= 0.6 is 0 Å².